The quantitative estimate of drug-likeness (QED) is 0.344. The lowest BCUT2D eigenvalue weighted by atomic mass is 10.1. The lowest BCUT2D eigenvalue weighted by Crippen LogP contribution is -2.01. The standard InChI is InChI=1S/C13H11NO3/c1-3-17-13(15)11(9-14)8-10-4-6-12(16-2)7-5-10/h3-8H,1H2,2H3/b11-8+. The van der Waals surface area contributed by atoms with Crippen molar-refractivity contribution >= 4 is 12.0 Å². The molecule has 1 aromatic carbocycles. The number of hydrogen-bond acceptors (Lipinski definition) is 4. The summed E-state index contributed by atoms with van der Waals surface area (Å²) in [7, 11) is 1.56. The van der Waals surface area contributed by atoms with Gasteiger partial charge in [-0.25, -0.2) is 4.79 Å². The third-order valence-electron chi connectivity index (χ3n) is 1.96. The summed E-state index contributed by atoms with van der Waals surface area (Å²) in [4.78, 5) is 11.3. The first-order valence-electron chi connectivity index (χ1n) is 4.79. The van der Waals surface area contributed by atoms with Gasteiger partial charge < -0.3 is 9.47 Å². The molecule has 0 N–H and O–H groups in total. The summed E-state index contributed by atoms with van der Waals surface area (Å²) < 4.78 is 9.52. The summed E-state index contributed by atoms with van der Waals surface area (Å²) in [6.07, 6.45) is 2.42. The van der Waals surface area contributed by atoms with E-state index in [4.69, 9.17) is 10.00 Å². The predicted octanol–water partition coefficient (Wildman–Crippen LogP) is 2.29. The molecule has 4 heteroatoms. The van der Waals surface area contributed by atoms with E-state index >= 15 is 0 Å². The summed E-state index contributed by atoms with van der Waals surface area (Å²) in [6.45, 7) is 3.25. The maximum Gasteiger partial charge on any atom is 0.353 e. The molecular weight excluding hydrogens is 218 g/mol. The zero-order valence-corrected chi connectivity index (χ0v) is 9.34. The van der Waals surface area contributed by atoms with E-state index in [-0.39, 0.29) is 5.57 Å². The highest BCUT2D eigenvalue weighted by atomic mass is 16.5. The Balaban J connectivity index is 2.94. The van der Waals surface area contributed by atoms with Crippen molar-refractivity contribution < 1.29 is 14.3 Å². The van der Waals surface area contributed by atoms with E-state index in [1.165, 1.54) is 6.08 Å². The van der Waals surface area contributed by atoms with Gasteiger partial charge in [-0.3, -0.25) is 0 Å². The van der Waals surface area contributed by atoms with Crippen LogP contribution in [0.1, 0.15) is 5.56 Å². The monoisotopic (exact) mass is 229 g/mol. The molecule has 0 saturated carbocycles. The molecule has 1 rings (SSSR count). The van der Waals surface area contributed by atoms with Gasteiger partial charge in [-0.2, -0.15) is 5.26 Å². The second-order valence-corrected chi connectivity index (χ2v) is 3.01. The zero-order chi connectivity index (χ0) is 12.7. The highest BCUT2D eigenvalue weighted by Crippen LogP contribution is 2.14. The second-order valence-electron chi connectivity index (χ2n) is 3.01. The number of nitrogens with zero attached hydrogens (tertiary/aromatic N) is 1. The van der Waals surface area contributed by atoms with Gasteiger partial charge in [0.2, 0.25) is 0 Å². The summed E-state index contributed by atoms with van der Waals surface area (Å²) >= 11 is 0. The van der Waals surface area contributed by atoms with Gasteiger partial charge in [0.1, 0.15) is 17.4 Å². The van der Waals surface area contributed by atoms with E-state index < -0.39 is 5.97 Å². The van der Waals surface area contributed by atoms with Gasteiger partial charge in [0, 0.05) is 0 Å². The molecule has 0 aliphatic heterocycles. The smallest absolute Gasteiger partial charge is 0.353 e. The predicted molar refractivity (Wildman–Crippen MR) is 62.9 cm³/mol. The minimum atomic E-state index is -0.724. The Hall–Kier alpha value is -2.54. The molecule has 0 unspecified atom stereocenters. The summed E-state index contributed by atoms with van der Waals surface area (Å²) in [5.74, 6) is -0.0207. The average molecular weight is 229 g/mol. The maximum atomic E-state index is 11.3. The van der Waals surface area contributed by atoms with E-state index in [0.717, 1.165) is 6.26 Å². The van der Waals surface area contributed by atoms with Gasteiger partial charge in [-0.15, -0.1) is 0 Å². The molecule has 1 aromatic rings. The van der Waals surface area contributed by atoms with Gasteiger partial charge in [0.15, 0.2) is 0 Å². The van der Waals surface area contributed by atoms with Crippen LogP contribution in [-0.4, -0.2) is 13.1 Å². The number of hydrogen-bond donors (Lipinski definition) is 0. The third kappa shape index (κ3) is 3.50. The molecule has 0 spiro atoms. The number of nitriles is 1. The van der Waals surface area contributed by atoms with Crippen LogP contribution in [0.25, 0.3) is 6.08 Å². The molecule has 0 saturated heterocycles. The van der Waals surface area contributed by atoms with Crippen LogP contribution in [0.5, 0.6) is 5.75 Å². The molecule has 0 aliphatic rings. The molecule has 0 aromatic heterocycles. The fraction of sp³-hybridized carbons (Fsp3) is 0.0769. The van der Waals surface area contributed by atoms with Gasteiger partial charge in [-0.1, -0.05) is 18.7 Å². The first-order chi connectivity index (χ1) is 8.21. The molecule has 17 heavy (non-hydrogen) atoms. The van der Waals surface area contributed by atoms with E-state index in [1.54, 1.807) is 37.4 Å². The number of carbonyl (C=O) groups is 1. The van der Waals surface area contributed by atoms with Gasteiger partial charge in [-0.05, 0) is 23.8 Å². The molecule has 0 amide bonds. The summed E-state index contributed by atoms with van der Waals surface area (Å²) in [5, 5.41) is 8.81. The van der Waals surface area contributed by atoms with Gasteiger partial charge in [0.25, 0.3) is 0 Å². The second kappa shape index (κ2) is 6.13. The largest absolute Gasteiger partial charge is 0.497 e. The number of rotatable bonds is 4. The maximum absolute atomic E-state index is 11.3. The van der Waals surface area contributed by atoms with Crippen molar-refractivity contribution in [3.8, 4) is 11.8 Å². The summed E-state index contributed by atoms with van der Waals surface area (Å²) in [5.41, 5.74) is 0.624. The molecule has 4 nitrogen and oxygen atoms in total. The first-order valence-corrected chi connectivity index (χ1v) is 4.79. The van der Waals surface area contributed by atoms with Crippen molar-refractivity contribution in [3.05, 3.63) is 48.2 Å². The highest BCUT2D eigenvalue weighted by molar-refractivity contribution is 5.98. The normalized spacial score (nSPS) is 10.2. The molecule has 0 radical (unpaired) electrons. The van der Waals surface area contributed by atoms with E-state index in [0.29, 0.717) is 11.3 Å². The van der Waals surface area contributed by atoms with E-state index in [9.17, 15) is 4.79 Å². The van der Waals surface area contributed by atoms with Crippen LogP contribution in [0.3, 0.4) is 0 Å². The van der Waals surface area contributed by atoms with Crippen LogP contribution < -0.4 is 4.74 Å². The van der Waals surface area contributed by atoms with Crippen LogP contribution in [0.15, 0.2) is 42.7 Å². The Morgan fingerprint density at radius 2 is 2.06 bits per heavy atom. The number of benzene rings is 1. The molecular formula is C13H11NO3. The highest BCUT2D eigenvalue weighted by Gasteiger charge is 2.08. The number of esters is 1. The molecule has 86 valence electrons. The van der Waals surface area contributed by atoms with Crippen molar-refractivity contribution in [2.24, 2.45) is 0 Å². The molecule has 0 aliphatic carbocycles. The van der Waals surface area contributed by atoms with Crippen molar-refractivity contribution in [2.75, 3.05) is 7.11 Å². The minimum absolute atomic E-state index is 0.0879. The van der Waals surface area contributed by atoms with Crippen LogP contribution >= 0.6 is 0 Å². The first kappa shape index (κ1) is 12.5. The van der Waals surface area contributed by atoms with Crippen LogP contribution in [0, 0.1) is 11.3 Å². The number of methoxy groups -OCH3 is 1. The topological polar surface area (TPSA) is 59.3 Å². The van der Waals surface area contributed by atoms with Crippen LogP contribution in [0.2, 0.25) is 0 Å². The molecule has 0 bridgehead atoms. The Morgan fingerprint density at radius 1 is 1.41 bits per heavy atom. The Morgan fingerprint density at radius 3 is 2.53 bits per heavy atom. The zero-order valence-electron chi connectivity index (χ0n) is 9.34. The molecule has 0 heterocycles. The Bertz CT molecular complexity index is 480. The lowest BCUT2D eigenvalue weighted by molar-refractivity contribution is -0.133. The van der Waals surface area contributed by atoms with Crippen molar-refractivity contribution in [1.29, 1.82) is 5.26 Å². The lowest BCUT2D eigenvalue weighted by Gasteiger charge is -2.00. The third-order valence-corrected chi connectivity index (χ3v) is 1.96. The Labute approximate surface area is 99.4 Å². The van der Waals surface area contributed by atoms with E-state index in [1.807, 2.05) is 0 Å². The molecule has 0 atom stereocenters. The SMILES string of the molecule is C=COC(=O)/C(C#N)=C/c1ccc(OC)cc1. The minimum Gasteiger partial charge on any atom is -0.497 e. The Kier molecular flexibility index (Phi) is 4.52. The average Bonchev–Trinajstić information content (AvgIpc) is 2.37. The number of carbonyl (C=O) groups excluding carboxylic acids is 1. The van der Waals surface area contributed by atoms with E-state index in [2.05, 4.69) is 11.3 Å². The van der Waals surface area contributed by atoms with Crippen molar-refractivity contribution in [2.45, 2.75) is 0 Å². The molecule has 0 fully saturated rings. The summed E-state index contributed by atoms with van der Waals surface area (Å²) in [6, 6.07) is 8.71. The van der Waals surface area contributed by atoms with Crippen molar-refractivity contribution in [1.82, 2.24) is 0 Å². The fourth-order valence-corrected chi connectivity index (χ4v) is 1.14. The van der Waals surface area contributed by atoms with Crippen molar-refractivity contribution in [3.63, 3.8) is 0 Å². The fourth-order valence-electron chi connectivity index (χ4n) is 1.14. The van der Waals surface area contributed by atoms with Crippen LogP contribution in [0.4, 0.5) is 0 Å². The van der Waals surface area contributed by atoms with Crippen LogP contribution in [-0.2, 0) is 9.53 Å². The van der Waals surface area contributed by atoms with Gasteiger partial charge in [0.05, 0.1) is 13.4 Å². The number of ether oxygens (including phenoxy) is 2. The van der Waals surface area contributed by atoms with Gasteiger partial charge >= 0.3 is 5.97 Å².